The normalized spacial score (nSPS) is 11.0. The summed E-state index contributed by atoms with van der Waals surface area (Å²) in [5, 5.41) is 26.9. The van der Waals surface area contributed by atoms with Crippen molar-refractivity contribution in [2.75, 3.05) is 109 Å². The van der Waals surface area contributed by atoms with Crippen LogP contribution >= 0.6 is 0 Å². The Morgan fingerprint density at radius 1 is 0.368 bits per heavy atom. The zero-order valence-corrected chi connectivity index (χ0v) is 67.8. The molecule has 668 valence electrons. The summed E-state index contributed by atoms with van der Waals surface area (Å²) in [6.45, 7) is 15.2. The highest BCUT2D eigenvalue weighted by Gasteiger charge is 2.34. The molecule has 0 saturated carbocycles. The Bertz CT molecular complexity index is 5280. The summed E-state index contributed by atoms with van der Waals surface area (Å²) < 4.78 is 190. The van der Waals surface area contributed by atoms with E-state index in [1.807, 2.05) is 0 Å². The second-order valence-corrected chi connectivity index (χ2v) is 26.8. The van der Waals surface area contributed by atoms with E-state index in [4.69, 9.17) is 47.6 Å². The van der Waals surface area contributed by atoms with Crippen LogP contribution in [-0.2, 0) is 81.1 Å². The molecule has 0 aliphatic rings. The fraction of sp³-hybridized carbons (Fsp3) is 0.244. The molecular formula is C82H89F13N20O10. The molecule has 10 rings (SSSR count). The van der Waals surface area contributed by atoms with Crippen molar-refractivity contribution in [3.8, 4) is 0 Å². The lowest BCUT2D eigenvalue weighted by atomic mass is 10.1. The van der Waals surface area contributed by atoms with E-state index in [9.17, 15) is 81.0 Å². The van der Waals surface area contributed by atoms with Gasteiger partial charge in [0.15, 0.2) is 0 Å². The van der Waals surface area contributed by atoms with Crippen LogP contribution in [0.5, 0.6) is 0 Å². The lowest BCUT2D eigenvalue weighted by Gasteiger charge is -2.20. The van der Waals surface area contributed by atoms with Crippen molar-refractivity contribution in [1.29, 1.82) is 0 Å². The molecule has 0 aliphatic heterocycles. The molecule has 20 N–H and O–H groups in total. The van der Waals surface area contributed by atoms with E-state index in [1.165, 1.54) is 79.9 Å². The Morgan fingerprint density at radius 3 is 0.944 bits per heavy atom. The minimum absolute atomic E-state index is 0.0367. The molecule has 0 atom stereocenters. The number of ether oxygens (including phenoxy) is 5. The van der Waals surface area contributed by atoms with Crippen LogP contribution in [0.1, 0.15) is 90.3 Å². The number of nitrogens with one attached hydrogen (secondary N) is 10. The zero-order valence-electron chi connectivity index (χ0n) is 67.8. The van der Waals surface area contributed by atoms with E-state index < -0.39 is 83.0 Å². The summed E-state index contributed by atoms with van der Waals surface area (Å²) in [6.07, 6.45) is -19.4. The monoisotopic (exact) mass is 1760 g/mol. The highest BCUT2D eigenvalue weighted by molar-refractivity contribution is 5.91. The summed E-state index contributed by atoms with van der Waals surface area (Å²) in [5.74, 6) is 2.09. The Hall–Kier alpha value is -15.0. The highest BCUT2D eigenvalue weighted by atomic mass is 19.4. The molecule has 5 aromatic heterocycles. The van der Waals surface area contributed by atoms with Crippen LogP contribution in [0.25, 0.3) is 0 Å². The Balaban J connectivity index is 0.000000242. The van der Waals surface area contributed by atoms with E-state index >= 15 is 0 Å². The topological polar surface area (TPSA) is 446 Å². The summed E-state index contributed by atoms with van der Waals surface area (Å²) >= 11 is 0. The van der Waals surface area contributed by atoms with Gasteiger partial charge in [0, 0.05) is 32.7 Å². The van der Waals surface area contributed by atoms with Crippen LogP contribution in [-0.4, -0.2) is 87.9 Å². The minimum Gasteiger partial charge on any atom is -0.453 e. The quantitative estimate of drug-likeness (QED) is 0.0152. The van der Waals surface area contributed by atoms with Gasteiger partial charge in [-0.1, -0.05) is 72.8 Å². The standard InChI is InChI=1S/C17H19F3N4O2.C17H17F3N4O2.C17H21FN4O2.C16H17F3N4O2.C15H15F3N4O2/c1-3-26-16(25)23-13-4-5-14(24-15(13)21)22-9-11-6-10(2)7-12(8-11)17(18,19)20;1-2-8-26-16(25)23-13-6-7-14(24-15(13)21)22-10-11-4-3-5-12(9-11)17(18,19)20;1-17(2,3)24-16(23)21-13-8-9-14(22-15(13)19)20-10-11-4-6-12(18)7-5-11;1-2-25-15(24)22-12-6-7-13(23-14(12)20)21-9-10-4-3-5-11(8-10)16(17,18)19;1-24-14(23)21-11-5-6-12(22-13(11)19)20-8-9-3-2-4-10(7-9)15(16,17)18/h4-8H,3,9H2,1-2H3,(H,23,25)(H3,21,22,24);2-7,9H,1,8,10H2,(H,23,25)(H3,21,22,24);4-9H,10H2,1-3H3,(H,21,23)(H3,19,20,22);3-8H,2,9H2,1H3,(H,22,24)(H3,20,21,23);2-7H,8H2,1H3,(H,21,23)(H3,19,20,22). The third kappa shape index (κ3) is 35.3. The number of halogens is 13. The number of hydrogen-bond acceptors (Lipinski definition) is 25. The van der Waals surface area contributed by atoms with Gasteiger partial charge in [0.05, 0.1) is 71.0 Å². The van der Waals surface area contributed by atoms with Gasteiger partial charge < -0.3 is 78.9 Å². The van der Waals surface area contributed by atoms with Crippen molar-refractivity contribution >= 4 is 117 Å². The predicted octanol–water partition coefficient (Wildman–Crippen LogP) is 19.3. The zero-order chi connectivity index (χ0) is 92.4. The number of nitrogens with two attached hydrogens (primary N) is 5. The molecule has 0 fully saturated rings. The third-order valence-corrected chi connectivity index (χ3v) is 15.8. The van der Waals surface area contributed by atoms with E-state index in [-0.39, 0.29) is 104 Å². The first kappa shape index (κ1) is 98.9. The number of amides is 5. The molecule has 0 spiro atoms. The van der Waals surface area contributed by atoms with Crippen molar-refractivity contribution in [2.45, 2.75) is 105 Å². The van der Waals surface area contributed by atoms with E-state index in [2.05, 4.69) is 89.4 Å². The van der Waals surface area contributed by atoms with Gasteiger partial charge in [0.25, 0.3) is 0 Å². The van der Waals surface area contributed by atoms with Gasteiger partial charge in [0.1, 0.15) is 76.2 Å². The number of pyridine rings is 5. The van der Waals surface area contributed by atoms with Gasteiger partial charge in [-0.05, 0) is 191 Å². The summed E-state index contributed by atoms with van der Waals surface area (Å²) in [7, 11) is 1.21. The van der Waals surface area contributed by atoms with Crippen LogP contribution in [0.4, 0.5) is 168 Å². The number of anilines is 15. The largest absolute Gasteiger partial charge is 0.453 e. The molecule has 5 aromatic carbocycles. The highest BCUT2D eigenvalue weighted by Crippen LogP contribution is 2.35. The second kappa shape index (κ2) is 46.2. The average molecular weight is 1760 g/mol. The maximum atomic E-state index is 12.9. The molecule has 0 radical (unpaired) electrons. The fourth-order valence-electron chi connectivity index (χ4n) is 10.1. The van der Waals surface area contributed by atoms with Crippen LogP contribution in [0.15, 0.2) is 189 Å². The van der Waals surface area contributed by atoms with E-state index in [1.54, 1.807) is 102 Å². The fourth-order valence-corrected chi connectivity index (χ4v) is 10.1. The van der Waals surface area contributed by atoms with Crippen molar-refractivity contribution < 1.29 is 105 Å². The molecule has 0 aliphatic carbocycles. The Kier molecular flexibility index (Phi) is 36.5. The lowest BCUT2D eigenvalue weighted by Crippen LogP contribution is -2.27. The molecule has 43 heteroatoms. The number of aromatic nitrogens is 5. The molecule has 30 nitrogen and oxygen atoms in total. The van der Waals surface area contributed by atoms with Gasteiger partial charge in [-0.25, -0.2) is 53.3 Å². The molecule has 125 heavy (non-hydrogen) atoms. The average Bonchev–Trinajstić information content (AvgIpc) is 0.838. The van der Waals surface area contributed by atoms with Gasteiger partial charge in [0.2, 0.25) is 0 Å². The number of nitrogens with zero attached hydrogens (tertiary/aromatic N) is 5. The SMILES string of the molecule is C=CCOC(=O)Nc1ccc(NCc2cccc(C(F)(F)F)c2)nc1N.CC(C)(C)OC(=O)Nc1ccc(NCc2ccc(F)cc2)nc1N.CCOC(=O)Nc1ccc(NCc2cc(C)cc(C(F)(F)F)c2)nc1N.CCOC(=O)Nc1ccc(NCc2cccc(C(F)(F)F)c2)nc1N.COC(=O)Nc1ccc(NCc2cccc(C(F)(F)F)c2)nc1N. The van der Waals surface area contributed by atoms with E-state index in [0.717, 1.165) is 54.1 Å². The Labute approximate surface area is 707 Å². The Morgan fingerprint density at radius 2 is 0.656 bits per heavy atom. The second-order valence-electron chi connectivity index (χ2n) is 26.8. The van der Waals surface area contributed by atoms with Crippen molar-refractivity contribution in [3.05, 3.63) is 250 Å². The first-order valence-corrected chi connectivity index (χ1v) is 37.0. The lowest BCUT2D eigenvalue weighted by molar-refractivity contribution is -0.138. The molecular weight excluding hydrogens is 1670 g/mol. The van der Waals surface area contributed by atoms with Crippen molar-refractivity contribution in [1.82, 2.24) is 24.9 Å². The van der Waals surface area contributed by atoms with Gasteiger partial charge >= 0.3 is 55.2 Å². The maximum absolute atomic E-state index is 12.9. The molecule has 0 saturated heterocycles. The summed E-state index contributed by atoms with van der Waals surface area (Å²) in [5.41, 5.74) is 30.1. The van der Waals surface area contributed by atoms with Crippen molar-refractivity contribution in [3.63, 3.8) is 0 Å². The van der Waals surface area contributed by atoms with Crippen LogP contribution in [0.2, 0.25) is 0 Å². The van der Waals surface area contributed by atoms with Gasteiger partial charge in [-0.2, -0.15) is 52.7 Å². The number of carbonyl (C=O) groups excluding carboxylic acids is 5. The minimum atomic E-state index is -4.40. The third-order valence-electron chi connectivity index (χ3n) is 15.8. The first-order valence-electron chi connectivity index (χ1n) is 37.0. The number of methoxy groups -OCH3 is 1. The summed E-state index contributed by atoms with van der Waals surface area (Å²) in [4.78, 5) is 77.4. The van der Waals surface area contributed by atoms with Crippen LogP contribution in [0.3, 0.4) is 0 Å². The molecule has 0 unspecified atom stereocenters. The number of aryl methyl sites for hydroxylation is 1. The van der Waals surface area contributed by atoms with Crippen LogP contribution in [0, 0.1) is 12.7 Å². The number of hydrogen-bond donors (Lipinski definition) is 15. The van der Waals surface area contributed by atoms with Gasteiger partial charge in [-0.3, -0.25) is 26.6 Å². The smallest absolute Gasteiger partial charge is 0.416 e. The van der Waals surface area contributed by atoms with Crippen LogP contribution < -0.4 is 81.8 Å². The van der Waals surface area contributed by atoms with E-state index in [0.29, 0.717) is 69.1 Å². The molecule has 10 aromatic rings. The number of alkyl halides is 12. The number of benzene rings is 5. The number of carbonyl (C=O) groups is 5. The molecule has 5 heterocycles. The maximum Gasteiger partial charge on any atom is 0.416 e. The number of rotatable bonds is 24. The molecule has 0 bridgehead atoms. The summed E-state index contributed by atoms with van der Waals surface area (Å²) in [6, 6.07) is 40.5. The molecule has 5 amide bonds. The first-order chi connectivity index (χ1) is 58.8. The van der Waals surface area contributed by atoms with Gasteiger partial charge in [-0.15, -0.1) is 0 Å². The predicted molar refractivity (Wildman–Crippen MR) is 449 cm³/mol. The number of nitrogen functional groups attached to an aromatic ring is 5. The van der Waals surface area contributed by atoms with Crippen molar-refractivity contribution in [2.24, 2.45) is 0 Å².